The van der Waals surface area contributed by atoms with Crippen LogP contribution in [-0.4, -0.2) is 6.21 Å². The van der Waals surface area contributed by atoms with Crippen molar-refractivity contribution in [3.8, 4) is 12.1 Å². The van der Waals surface area contributed by atoms with Crippen molar-refractivity contribution in [2.75, 3.05) is 0 Å². The van der Waals surface area contributed by atoms with Gasteiger partial charge in [0.25, 0.3) is 0 Å². The summed E-state index contributed by atoms with van der Waals surface area (Å²) in [4.78, 5) is 0. The van der Waals surface area contributed by atoms with Gasteiger partial charge in [0.05, 0.1) is 12.1 Å². The molecule has 0 spiro atoms. The van der Waals surface area contributed by atoms with Gasteiger partial charge in [0.2, 0.25) is 0 Å². The summed E-state index contributed by atoms with van der Waals surface area (Å²) in [7, 11) is 0. The zero-order chi connectivity index (χ0) is 12.8. The molecule has 0 aromatic heterocycles. The van der Waals surface area contributed by atoms with Crippen molar-refractivity contribution < 1.29 is 0 Å². The maximum Gasteiger partial charge on any atom is 0.0621 e. The summed E-state index contributed by atoms with van der Waals surface area (Å²) in [5.41, 5.74) is 0. The smallest absolute Gasteiger partial charge is 0.0621 e. The Morgan fingerprint density at radius 1 is 0.882 bits per heavy atom. The predicted octanol–water partition coefficient (Wildman–Crippen LogP) is 4.20. The Hall–Kier alpha value is -1.35. The van der Waals surface area contributed by atoms with Crippen LogP contribution < -0.4 is 0 Å². The Kier molecular flexibility index (Phi) is 11.7. The van der Waals surface area contributed by atoms with Crippen LogP contribution in [0.2, 0.25) is 0 Å². The summed E-state index contributed by atoms with van der Waals surface area (Å²) >= 11 is 0. The normalized spacial score (nSPS) is 11.4. The first-order valence-corrected chi connectivity index (χ1v) is 6.58. The van der Waals surface area contributed by atoms with Crippen molar-refractivity contribution in [1.29, 1.82) is 15.9 Å². The van der Waals surface area contributed by atoms with E-state index in [1.54, 1.807) is 0 Å². The van der Waals surface area contributed by atoms with Crippen LogP contribution in [0.5, 0.6) is 0 Å². The van der Waals surface area contributed by atoms with E-state index < -0.39 is 0 Å². The summed E-state index contributed by atoms with van der Waals surface area (Å²) in [6, 6.07) is 4.35. The monoisotopic (exact) mass is 233 g/mol. The minimum Gasteiger partial charge on any atom is -0.313 e. The van der Waals surface area contributed by atoms with Gasteiger partial charge >= 0.3 is 0 Å². The van der Waals surface area contributed by atoms with Crippen LogP contribution in [0.25, 0.3) is 0 Å². The molecule has 0 aromatic rings. The maximum atomic E-state index is 8.51. The first-order valence-electron chi connectivity index (χ1n) is 6.58. The van der Waals surface area contributed by atoms with E-state index in [-0.39, 0.29) is 0 Å². The van der Waals surface area contributed by atoms with Gasteiger partial charge in [-0.05, 0) is 44.2 Å². The molecule has 0 fully saturated rings. The molecule has 3 nitrogen and oxygen atoms in total. The topological polar surface area (TPSA) is 71.4 Å². The van der Waals surface area contributed by atoms with Crippen LogP contribution in [0.4, 0.5) is 0 Å². The highest BCUT2D eigenvalue weighted by Crippen LogP contribution is 2.21. The molecule has 0 aliphatic carbocycles. The molecular weight excluding hydrogens is 210 g/mol. The largest absolute Gasteiger partial charge is 0.313 e. The molecule has 0 saturated heterocycles. The minimum absolute atomic E-state index is 0.648. The summed E-state index contributed by atoms with van der Waals surface area (Å²) < 4.78 is 0. The highest BCUT2D eigenvalue weighted by molar-refractivity contribution is 5.52. The molecule has 0 radical (unpaired) electrons. The van der Waals surface area contributed by atoms with Crippen molar-refractivity contribution in [3.63, 3.8) is 0 Å². The first kappa shape index (κ1) is 15.7. The van der Waals surface area contributed by atoms with Crippen LogP contribution in [-0.2, 0) is 0 Å². The highest BCUT2D eigenvalue weighted by atomic mass is 14.3. The Bertz CT molecular complexity index is 260. The van der Waals surface area contributed by atoms with Crippen LogP contribution in [0.15, 0.2) is 0 Å². The van der Waals surface area contributed by atoms with Gasteiger partial charge < -0.3 is 5.41 Å². The Morgan fingerprint density at radius 3 is 2.18 bits per heavy atom. The average molecular weight is 233 g/mol. The third kappa shape index (κ3) is 10.9. The zero-order valence-electron chi connectivity index (χ0n) is 10.6. The molecular formula is C14H23N3. The number of hydrogen-bond donors (Lipinski definition) is 1. The van der Waals surface area contributed by atoms with Gasteiger partial charge in [-0.2, -0.15) is 10.5 Å². The van der Waals surface area contributed by atoms with Gasteiger partial charge in [0, 0.05) is 12.8 Å². The molecule has 0 heterocycles. The predicted molar refractivity (Wildman–Crippen MR) is 69.7 cm³/mol. The van der Waals surface area contributed by atoms with E-state index in [0.717, 1.165) is 38.5 Å². The SMILES string of the molecule is N#CCCCCCC(CCC=N)CCCC#N. The lowest BCUT2D eigenvalue weighted by atomic mass is 9.91. The Labute approximate surface area is 105 Å². The molecule has 0 rings (SSSR count). The van der Waals surface area contributed by atoms with Crippen molar-refractivity contribution in [1.82, 2.24) is 0 Å². The van der Waals surface area contributed by atoms with E-state index in [2.05, 4.69) is 12.1 Å². The summed E-state index contributed by atoms with van der Waals surface area (Å²) in [6.07, 6.45) is 11.3. The molecule has 3 heteroatoms. The Balaban J connectivity index is 3.65. The fourth-order valence-electron chi connectivity index (χ4n) is 2.04. The lowest BCUT2D eigenvalue weighted by molar-refractivity contribution is 0.399. The van der Waals surface area contributed by atoms with Crippen LogP contribution >= 0.6 is 0 Å². The maximum absolute atomic E-state index is 8.51. The van der Waals surface area contributed by atoms with Crippen molar-refractivity contribution in [2.45, 2.75) is 64.2 Å². The lowest BCUT2D eigenvalue weighted by Gasteiger charge is -2.14. The summed E-state index contributed by atoms with van der Waals surface area (Å²) in [6.45, 7) is 0. The van der Waals surface area contributed by atoms with E-state index in [0.29, 0.717) is 18.8 Å². The molecule has 0 aliphatic heterocycles. The second-order valence-electron chi connectivity index (χ2n) is 4.46. The number of nitriles is 2. The van der Waals surface area contributed by atoms with Crippen LogP contribution in [0.3, 0.4) is 0 Å². The van der Waals surface area contributed by atoms with Gasteiger partial charge in [-0.25, -0.2) is 0 Å². The molecule has 0 amide bonds. The molecule has 0 saturated carbocycles. The molecule has 17 heavy (non-hydrogen) atoms. The summed E-state index contributed by atoms with van der Waals surface area (Å²) in [5.74, 6) is 0.659. The molecule has 0 bridgehead atoms. The average Bonchev–Trinajstić information content (AvgIpc) is 2.35. The van der Waals surface area contributed by atoms with E-state index in [1.165, 1.54) is 19.1 Å². The van der Waals surface area contributed by atoms with Crippen LogP contribution in [0, 0.1) is 34.0 Å². The van der Waals surface area contributed by atoms with E-state index in [4.69, 9.17) is 15.9 Å². The van der Waals surface area contributed by atoms with Crippen LogP contribution in [0.1, 0.15) is 64.2 Å². The number of nitrogens with one attached hydrogen (secondary N) is 1. The van der Waals surface area contributed by atoms with Crippen molar-refractivity contribution in [3.05, 3.63) is 0 Å². The number of hydrogen-bond acceptors (Lipinski definition) is 3. The number of unbranched alkanes of at least 4 members (excludes halogenated alkanes) is 4. The van der Waals surface area contributed by atoms with Crippen molar-refractivity contribution in [2.24, 2.45) is 5.92 Å². The zero-order valence-corrected chi connectivity index (χ0v) is 10.6. The van der Waals surface area contributed by atoms with Gasteiger partial charge in [0.15, 0.2) is 0 Å². The van der Waals surface area contributed by atoms with Gasteiger partial charge in [0.1, 0.15) is 0 Å². The van der Waals surface area contributed by atoms with E-state index >= 15 is 0 Å². The lowest BCUT2D eigenvalue weighted by Crippen LogP contribution is -2.01. The minimum atomic E-state index is 0.648. The molecule has 1 atom stereocenters. The van der Waals surface area contributed by atoms with Gasteiger partial charge in [-0.15, -0.1) is 0 Å². The standard InChI is InChI=1S/C14H23N3/c15-11-5-2-1-3-8-14(10-7-13-17)9-4-6-12-16/h13-14,17H,1-10H2. The second-order valence-corrected chi connectivity index (χ2v) is 4.46. The Morgan fingerprint density at radius 2 is 1.53 bits per heavy atom. The first-order chi connectivity index (χ1) is 8.35. The van der Waals surface area contributed by atoms with E-state index in [9.17, 15) is 0 Å². The fraction of sp³-hybridized carbons (Fsp3) is 0.786. The molecule has 94 valence electrons. The van der Waals surface area contributed by atoms with Gasteiger partial charge in [-0.3, -0.25) is 0 Å². The fourth-order valence-corrected chi connectivity index (χ4v) is 2.04. The second kappa shape index (κ2) is 12.7. The third-order valence-corrected chi connectivity index (χ3v) is 3.02. The summed E-state index contributed by atoms with van der Waals surface area (Å²) in [5, 5.41) is 24.0. The van der Waals surface area contributed by atoms with Gasteiger partial charge in [-0.1, -0.05) is 19.3 Å². The molecule has 0 aliphatic rings. The van der Waals surface area contributed by atoms with Crippen molar-refractivity contribution >= 4 is 6.21 Å². The third-order valence-electron chi connectivity index (χ3n) is 3.02. The number of rotatable bonds is 11. The van der Waals surface area contributed by atoms with E-state index in [1.807, 2.05) is 0 Å². The molecule has 0 aromatic carbocycles. The molecule has 1 unspecified atom stereocenters. The quantitative estimate of drug-likeness (QED) is 0.429. The number of nitrogens with zero attached hydrogens (tertiary/aromatic N) is 2. The molecule has 1 N–H and O–H groups in total. The highest BCUT2D eigenvalue weighted by Gasteiger charge is 2.07.